The number of hydrogen-bond donors (Lipinski definition) is 1. The minimum atomic E-state index is -4.39. The average molecular weight is 476 g/mol. The van der Waals surface area contributed by atoms with Gasteiger partial charge in [-0.2, -0.15) is 13.2 Å². The second-order valence-corrected chi connectivity index (χ2v) is 9.83. The van der Waals surface area contributed by atoms with Crippen molar-refractivity contribution < 1.29 is 22.7 Å². The summed E-state index contributed by atoms with van der Waals surface area (Å²) in [5.41, 5.74) is 2.52. The number of piperidine rings is 1. The number of fused-ring (bicyclic) bond motifs is 1. The Labute approximate surface area is 194 Å². The van der Waals surface area contributed by atoms with E-state index in [0.29, 0.717) is 12.4 Å². The van der Waals surface area contributed by atoms with E-state index in [1.165, 1.54) is 29.0 Å². The third-order valence-electron chi connectivity index (χ3n) is 6.52. The van der Waals surface area contributed by atoms with E-state index in [9.17, 15) is 18.0 Å². The van der Waals surface area contributed by atoms with E-state index in [0.717, 1.165) is 55.9 Å². The first-order valence-corrected chi connectivity index (χ1v) is 11.9. The standard InChI is InChI=1S/C24H24F3N3O2S/c1-14-22(33-23(31)29-14)20-7-4-15-11-17(6-8-19(15)20)32-18-3-2-10-30(13-18)21-9-5-16(12-28-21)24(25,26)27/h5-6,8-9,11-12,18,20,22H,1-4,7,10,13H2,(H,29,31)/t18-,20+,22?/m0/s1. The predicted molar refractivity (Wildman–Crippen MR) is 122 cm³/mol. The quantitative estimate of drug-likeness (QED) is 0.631. The maximum atomic E-state index is 12.8. The van der Waals surface area contributed by atoms with E-state index in [-0.39, 0.29) is 22.5 Å². The summed E-state index contributed by atoms with van der Waals surface area (Å²) in [5, 5.41) is 2.83. The summed E-state index contributed by atoms with van der Waals surface area (Å²) in [6, 6.07) is 8.66. The van der Waals surface area contributed by atoms with Gasteiger partial charge in [-0.15, -0.1) is 0 Å². The molecule has 1 N–H and O–H groups in total. The van der Waals surface area contributed by atoms with Crippen molar-refractivity contribution in [2.45, 2.75) is 49.1 Å². The number of amides is 1. The molecule has 1 amide bonds. The van der Waals surface area contributed by atoms with Gasteiger partial charge >= 0.3 is 6.18 Å². The molecular weight excluding hydrogens is 451 g/mol. The molecule has 3 atom stereocenters. The molecule has 5 nitrogen and oxygen atoms in total. The van der Waals surface area contributed by atoms with Crippen LogP contribution in [0.3, 0.4) is 0 Å². The molecule has 5 rings (SSSR count). The molecule has 3 heterocycles. The van der Waals surface area contributed by atoms with Gasteiger partial charge in [0.25, 0.3) is 5.24 Å². The monoisotopic (exact) mass is 475 g/mol. The third kappa shape index (κ3) is 4.55. The van der Waals surface area contributed by atoms with E-state index in [1.54, 1.807) is 0 Å². The number of aryl methyl sites for hydroxylation is 1. The van der Waals surface area contributed by atoms with Gasteiger partial charge in [0, 0.05) is 24.4 Å². The molecule has 2 saturated heterocycles. The van der Waals surface area contributed by atoms with Crippen LogP contribution < -0.4 is 15.0 Å². The van der Waals surface area contributed by atoms with Crippen molar-refractivity contribution >= 4 is 22.8 Å². The number of halogens is 3. The molecule has 0 saturated carbocycles. The van der Waals surface area contributed by atoms with Gasteiger partial charge in [-0.3, -0.25) is 4.79 Å². The number of aromatic nitrogens is 1. The fourth-order valence-corrected chi connectivity index (χ4v) is 6.00. The number of anilines is 1. The molecule has 3 aliphatic rings. The molecule has 0 bridgehead atoms. The summed E-state index contributed by atoms with van der Waals surface area (Å²) >= 11 is 1.31. The van der Waals surface area contributed by atoms with Crippen molar-refractivity contribution in [1.82, 2.24) is 10.3 Å². The minimum Gasteiger partial charge on any atom is -0.489 e. The van der Waals surface area contributed by atoms with Gasteiger partial charge in [0.2, 0.25) is 0 Å². The lowest BCUT2D eigenvalue weighted by molar-refractivity contribution is -0.137. The van der Waals surface area contributed by atoms with Crippen LogP contribution in [0.4, 0.5) is 23.8 Å². The fraction of sp³-hybridized carbons (Fsp3) is 0.417. The Morgan fingerprint density at radius 1 is 1.21 bits per heavy atom. The lowest BCUT2D eigenvalue weighted by atomic mass is 9.96. The second kappa shape index (κ2) is 8.59. The Bertz CT molecular complexity index is 1070. The van der Waals surface area contributed by atoms with Gasteiger partial charge in [0.05, 0.1) is 17.4 Å². The highest BCUT2D eigenvalue weighted by molar-refractivity contribution is 8.14. The van der Waals surface area contributed by atoms with Gasteiger partial charge in [-0.25, -0.2) is 4.98 Å². The number of nitrogens with one attached hydrogen (secondary N) is 1. The first-order valence-electron chi connectivity index (χ1n) is 11.0. The van der Waals surface area contributed by atoms with Gasteiger partial charge in [0.15, 0.2) is 0 Å². The Kier molecular flexibility index (Phi) is 5.76. The number of pyridine rings is 1. The van der Waals surface area contributed by atoms with Crippen molar-refractivity contribution in [3.05, 3.63) is 65.5 Å². The molecular formula is C24H24F3N3O2S. The maximum Gasteiger partial charge on any atom is 0.417 e. The highest BCUT2D eigenvalue weighted by Crippen LogP contribution is 2.45. The predicted octanol–water partition coefficient (Wildman–Crippen LogP) is 5.52. The van der Waals surface area contributed by atoms with Crippen molar-refractivity contribution in [3.63, 3.8) is 0 Å². The number of ether oxygens (including phenoxy) is 1. The highest BCUT2D eigenvalue weighted by Gasteiger charge is 2.38. The minimum absolute atomic E-state index is 0.0391. The van der Waals surface area contributed by atoms with Crippen LogP contribution >= 0.6 is 11.8 Å². The first-order chi connectivity index (χ1) is 15.8. The Morgan fingerprint density at radius 2 is 2.06 bits per heavy atom. The lowest BCUT2D eigenvalue weighted by Crippen LogP contribution is -2.41. The third-order valence-corrected chi connectivity index (χ3v) is 7.71. The molecule has 2 aliphatic heterocycles. The number of hydrogen-bond acceptors (Lipinski definition) is 5. The summed E-state index contributed by atoms with van der Waals surface area (Å²) in [5.74, 6) is 1.60. The van der Waals surface area contributed by atoms with Crippen molar-refractivity contribution in [3.8, 4) is 5.75 Å². The maximum absolute atomic E-state index is 12.8. The Morgan fingerprint density at radius 3 is 2.76 bits per heavy atom. The summed E-state index contributed by atoms with van der Waals surface area (Å²) in [4.78, 5) is 17.7. The average Bonchev–Trinajstić information content (AvgIpc) is 3.35. The van der Waals surface area contributed by atoms with Crippen LogP contribution in [-0.4, -0.2) is 34.7 Å². The molecule has 9 heteroatoms. The molecule has 0 spiro atoms. The SMILES string of the molecule is C=C1NC(=O)SC1[C@@H]1CCc2cc(O[C@H]3CCCN(c4ccc(C(F)(F)F)cn4)C3)ccc21. The summed E-state index contributed by atoms with van der Waals surface area (Å²) in [7, 11) is 0. The van der Waals surface area contributed by atoms with Gasteiger partial charge in [-0.1, -0.05) is 24.4 Å². The zero-order valence-corrected chi connectivity index (χ0v) is 18.7. The van der Waals surface area contributed by atoms with Crippen molar-refractivity contribution in [2.24, 2.45) is 0 Å². The zero-order valence-electron chi connectivity index (χ0n) is 17.9. The smallest absolute Gasteiger partial charge is 0.417 e. The molecule has 1 aromatic heterocycles. The molecule has 174 valence electrons. The lowest BCUT2D eigenvalue weighted by Gasteiger charge is -2.34. The molecule has 0 radical (unpaired) electrons. The van der Waals surface area contributed by atoms with E-state index in [4.69, 9.17) is 4.74 Å². The van der Waals surface area contributed by atoms with Crippen molar-refractivity contribution in [2.75, 3.05) is 18.0 Å². The topological polar surface area (TPSA) is 54.5 Å². The van der Waals surface area contributed by atoms with Crippen LogP contribution in [-0.2, 0) is 12.6 Å². The number of nitrogens with zero attached hydrogens (tertiary/aromatic N) is 2. The van der Waals surface area contributed by atoms with E-state index in [2.05, 4.69) is 29.0 Å². The van der Waals surface area contributed by atoms with E-state index in [1.807, 2.05) is 11.0 Å². The number of carbonyl (C=O) groups excluding carboxylic acids is 1. The van der Waals surface area contributed by atoms with Crippen LogP contribution in [0.2, 0.25) is 0 Å². The van der Waals surface area contributed by atoms with Gasteiger partial charge in [0.1, 0.15) is 17.7 Å². The highest BCUT2D eigenvalue weighted by atomic mass is 32.2. The summed E-state index contributed by atoms with van der Waals surface area (Å²) < 4.78 is 44.7. The Hall–Kier alpha value is -2.68. The number of thioether (sulfide) groups is 1. The fourth-order valence-electron chi connectivity index (χ4n) is 4.93. The molecule has 1 aliphatic carbocycles. The van der Waals surface area contributed by atoms with Gasteiger partial charge in [-0.05, 0) is 61.1 Å². The van der Waals surface area contributed by atoms with Crippen LogP contribution in [0.1, 0.15) is 41.9 Å². The van der Waals surface area contributed by atoms with E-state index >= 15 is 0 Å². The molecule has 2 fully saturated rings. The first kappa shape index (κ1) is 22.1. The molecule has 33 heavy (non-hydrogen) atoms. The molecule has 2 aromatic rings. The number of benzene rings is 1. The van der Waals surface area contributed by atoms with E-state index < -0.39 is 11.7 Å². The number of carbonyl (C=O) groups is 1. The Balaban J connectivity index is 1.25. The van der Waals surface area contributed by atoms with Crippen LogP contribution in [0.15, 0.2) is 48.8 Å². The molecule has 1 aromatic carbocycles. The zero-order chi connectivity index (χ0) is 23.2. The van der Waals surface area contributed by atoms with Crippen LogP contribution in [0.25, 0.3) is 0 Å². The van der Waals surface area contributed by atoms with Crippen molar-refractivity contribution in [1.29, 1.82) is 0 Å². The van der Waals surface area contributed by atoms with Gasteiger partial charge < -0.3 is 15.0 Å². The summed E-state index contributed by atoms with van der Waals surface area (Å²) in [6.45, 7) is 5.31. The van der Waals surface area contributed by atoms with Crippen LogP contribution in [0, 0.1) is 0 Å². The molecule has 1 unspecified atom stereocenters. The largest absolute Gasteiger partial charge is 0.489 e. The second-order valence-electron chi connectivity index (χ2n) is 8.71. The summed E-state index contributed by atoms with van der Waals surface area (Å²) in [6.07, 6.45) is 0.0953. The number of alkyl halides is 3. The van der Waals surface area contributed by atoms with Crippen LogP contribution in [0.5, 0.6) is 5.75 Å². The number of rotatable bonds is 4. The normalized spacial score (nSPS) is 25.2.